The van der Waals surface area contributed by atoms with Crippen molar-refractivity contribution in [3.63, 3.8) is 0 Å². The molecule has 6 nitrogen and oxygen atoms in total. The number of rotatable bonds is 6. The first-order chi connectivity index (χ1) is 13.9. The first-order valence-electron chi connectivity index (χ1n) is 10.5. The fourth-order valence-electron chi connectivity index (χ4n) is 5.49. The summed E-state index contributed by atoms with van der Waals surface area (Å²) in [6, 6.07) is 3.66. The van der Waals surface area contributed by atoms with E-state index in [-0.39, 0.29) is 28.4 Å². The molecule has 4 aliphatic rings. The van der Waals surface area contributed by atoms with Gasteiger partial charge in [-0.15, -0.1) is 0 Å². The zero-order chi connectivity index (χ0) is 20.6. The normalized spacial score (nSPS) is 29.0. The first kappa shape index (κ1) is 20.7. The van der Waals surface area contributed by atoms with E-state index in [4.69, 9.17) is 14.2 Å². The summed E-state index contributed by atoms with van der Waals surface area (Å²) >= 11 is 0. The molecule has 3 saturated carbocycles. The summed E-state index contributed by atoms with van der Waals surface area (Å²) in [5.74, 6) is 0.627. The number of benzene rings is 1. The van der Waals surface area contributed by atoms with Crippen LogP contribution in [0.15, 0.2) is 12.1 Å². The molecule has 0 N–H and O–H groups in total. The van der Waals surface area contributed by atoms with E-state index in [2.05, 4.69) is 0 Å². The number of hydrogen-bond donors (Lipinski definition) is 0. The van der Waals surface area contributed by atoms with Crippen LogP contribution in [0.1, 0.15) is 65.9 Å². The Balaban J connectivity index is 1.70. The van der Waals surface area contributed by atoms with Gasteiger partial charge in [0, 0.05) is 18.1 Å². The second-order valence-corrected chi connectivity index (χ2v) is 10.9. The molecule has 4 fully saturated rings. The molecule has 29 heavy (non-hydrogen) atoms. The van der Waals surface area contributed by atoms with Crippen molar-refractivity contribution < 1.29 is 27.4 Å². The number of carbonyl (C=O) groups is 1. The number of ether oxygens (including phenoxy) is 3. The highest BCUT2D eigenvalue weighted by Crippen LogP contribution is 2.45. The highest BCUT2D eigenvalue weighted by Gasteiger charge is 2.43. The zero-order valence-corrected chi connectivity index (χ0v) is 18.0. The van der Waals surface area contributed by atoms with E-state index >= 15 is 0 Å². The van der Waals surface area contributed by atoms with Crippen molar-refractivity contribution in [2.24, 2.45) is 11.8 Å². The Bertz CT molecular complexity index is 864. The Morgan fingerprint density at radius 1 is 1.14 bits per heavy atom. The molecule has 3 aliphatic carbocycles. The minimum atomic E-state index is -3.38. The molecular formula is C22H30O6S. The molecule has 7 heteroatoms. The van der Waals surface area contributed by atoms with E-state index in [1.54, 1.807) is 6.07 Å². The minimum Gasteiger partial charge on any atom is -0.496 e. The van der Waals surface area contributed by atoms with Gasteiger partial charge in [-0.25, -0.2) is 13.2 Å². The molecule has 160 valence electrons. The number of fused-ring (bicyclic) bond motifs is 3. The summed E-state index contributed by atoms with van der Waals surface area (Å²) in [5, 5.41) is -0.297. The summed E-state index contributed by atoms with van der Waals surface area (Å²) in [6.45, 7) is 1.24. The molecule has 1 heterocycles. The third-order valence-corrected chi connectivity index (χ3v) is 9.25. The first-order valence-corrected chi connectivity index (χ1v) is 12.2. The minimum absolute atomic E-state index is 0.132. The highest BCUT2D eigenvalue weighted by molar-refractivity contribution is 7.91. The maximum absolute atomic E-state index is 13.3. The van der Waals surface area contributed by atoms with E-state index < -0.39 is 15.8 Å². The number of sulfone groups is 1. The van der Waals surface area contributed by atoms with Gasteiger partial charge in [0.2, 0.25) is 0 Å². The molecule has 1 aliphatic heterocycles. The van der Waals surface area contributed by atoms with Crippen molar-refractivity contribution in [2.75, 3.05) is 27.4 Å². The van der Waals surface area contributed by atoms with Gasteiger partial charge in [0.1, 0.15) is 11.3 Å². The number of esters is 1. The largest absolute Gasteiger partial charge is 0.496 e. The maximum Gasteiger partial charge on any atom is 0.341 e. The van der Waals surface area contributed by atoms with Crippen LogP contribution in [-0.2, 0) is 25.1 Å². The average Bonchev–Trinajstić information content (AvgIpc) is 3.28. The molecule has 2 unspecified atom stereocenters. The Hall–Kier alpha value is -1.60. The SMILES string of the molecule is COC(=O)c1c(CS(=O)(=O)C2CC3CCC2CC3)ccc(C2CCOC2)c1OC. The Labute approximate surface area is 172 Å². The fourth-order valence-corrected chi connectivity index (χ4v) is 7.80. The van der Waals surface area contributed by atoms with E-state index in [1.807, 2.05) is 6.07 Å². The van der Waals surface area contributed by atoms with E-state index in [0.717, 1.165) is 44.1 Å². The zero-order valence-electron chi connectivity index (χ0n) is 17.2. The van der Waals surface area contributed by atoms with Crippen LogP contribution in [0.5, 0.6) is 5.75 Å². The second-order valence-electron chi connectivity index (χ2n) is 8.64. The number of methoxy groups -OCH3 is 2. The molecule has 0 aromatic heterocycles. The quantitative estimate of drug-likeness (QED) is 0.653. The molecule has 2 atom stereocenters. The second kappa shape index (κ2) is 8.26. The molecule has 0 radical (unpaired) electrons. The van der Waals surface area contributed by atoms with Crippen LogP contribution in [0, 0.1) is 11.8 Å². The summed E-state index contributed by atoms with van der Waals surface area (Å²) < 4.78 is 42.8. The van der Waals surface area contributed by atoms with Gasteiger partial charge in [-0.3, -0.25) is 0 Å². The topological polar surface area (TPSA) is 78.9 Å². The molecule has 0 spiro atoms. The lowest BCUT2D eigenvalue weighted by atomic mass is 9.70. The van der Waals surface area contributed by atoms with Gasteiger partial charge >= 0.3 is 5.97 Å². The predicted molar refractivity (Wildman–Crippen MR) is 109 cm³/mol. The Morgan fingerprint density at radius 3 is 2.45 bits per heavy atom. The van der Waals surface area contributed by atoms with E-state index in [9.17, 15) is 13.2 Å². The third kappa shape index (κ3) is 3.91. The smallest absolute Gasteiger partial charge is 0.341 e. The lowest BCUT2D eigenvalue weighted by Crippen LogP contribution is -2.41. The van der Waals surface area contributed by atoms with Gasteiger partial charge in [0.15, 0.2) is 9.84 Å². The van der Waals surface area contributed by atoms with Crippen LogP contribution in [0.25, 0.3) is 0 Å². The lowest BCUT2D eigenvalue weighted by Gasteiger charge is -2.41. The number of carbonyl (C=O) groups excluding carboxylic acids is 1. The van der Waals surface area contributed by atoms with Crippen molar-refractivity contribution in [1.29, 1.82) is 0 Å². The highest BCUT2D eigenvalue weighted by atomic mass is 32.2. The standard InChI is InChI=1S/C22H30O6S/c1-26-21-18(16-9-10-28-12-16)8-7-17(20(21)22(23)27-2)13-29(24,25)19-11-14-3-5-15(19)6-4-14/h7-8,14-16,19H,3-6,9-13H2,1-2H3. The fraction of sp³-hybridized carbons (Fsp3) is 0.682. The van der Waals surface area contributed by atoms with Gasteiger partial charge in [0.25, 0.3) is 0 Å². The van der Waals surface area contributed by atoms with Crippen LogP contribution in [-0.4, -0.2) is 47.1 Å². The predicted octanol–water partition coefficient (Wildman–Crippen LogP) is 3.48. The van der Waals surface area contributed by atoms with Crippen molar-refractivity contribution >= 4 is 15.8 Å². The lowest BCUT2D eigenvalue weighted by molar-refractivity contribution is 0.0595. The molecular weight excluding hydrogens is 392 g/mol. The Kier molecular flexibility index (Phi) is 5.89. The average molecular weight is 423 g/mol. The van der Waals surface area contributed by atoms with E-state index in [0.29, 0.717) is 30.4 Å². The molecule has 1 saturated heterocycles. The van der Waals surface area contributed by atoms with Crippen molar-refractivity contribution in [1.82, 2.24) is 0 Å². The van der Waals surface area contributed by atoms with Crippen LogP contribution >= 0.6 is 0 Å². The molecule has 2 bridgehead atoms. The maximum atomic E-state index is 13.3. The van der Waals surface area contributed by atoms with Gasteiger partial charge < -0.3 is 14.2 Å². The summed E-state index contributed by atoms with van der Waals surface area (Å²) in [7, 11) is -0.552. The summed E-state index contributed by atoms with van der Waals surface area (Å²) in [5.41, 5.74) is 1.59. The third-order valence-electron chi connectivity index (χ3n) is 7.04. The van der Waals surface area contributed by atoms with Gasteiger partial charge in [0.05, 0.1) is 31.8 Å². The van der Waals surface area contributed by atoms with Crippen LogP contribution in [0.4, 0.5) is 0 Å². The monoisotopic (exact) mass is 422 g/mol. The van der Waals surface area contributed by atoms with Gasteiger partial charge in [-0.05, 0) is 43.1 Å². The molecule has 5 rings (SSSR count). The van der Waals surface area contributed by atoms with Gasteiger partial charge in [-0.1, -0.05) is 25.0 Å². The molecule has 0 amide bonds. The summed E-state index contributed by atoms with van der Waals surface area (Å²) in [6.07, 6.45) is 5.91. The Morgan fingerprint density at radius 2 is 1.90 bits per heavy atom. The number of hydrogen-bond acceptors (Lipinski definition) is 6. The van der Waals surface area contributed by atoms with Gasteiger partial charge in [-0.2, -0.15) is 0 Å². The van der Waals surface area contributed by atoms with Crippen molar-refractivity contribution in [3.05, 3.63) is 28.8 Å². The van der Waals surface area contributed by atoms with Crippen molar-refractivity contribution in [3.8, 4) is 5.75 Å². The summed E-state index contributed by atoms with van der Waals surface area (Å²) in [4.78, 5) is 12.6. The molecule has 1 aromatic carbocycles. The van der Waals surface area contributed by atoms with Crippen LogP contribution in [0.3, 0.4) is 0 Å². The van der Waals surface area contributed by atoms with Crippen LogP contribution in [0.2, 0.25) is 0 Å². The van der Waals surface area contributed by atoms with Crippen molar-refractivity contribution in [2.45, 2.75) is 55.4 Å². The van der Waals surface area contributed by atoms with E-state index in [1.165, 1.54) is 14.2 Å². The van der Waals surface area contributed by atoms with Crippen LogP contribution < -0.4 is 4.74 Å². The molecule has 1 aromatic rings.